The maximum atomic E-state index is 8.50. The normalized spacial score (nSPS) is 15.2. The number of benzene rings is 1. The fourth-order valence-corrected chi connectivity index (χ4v) is 2.53. The van der Waals surface area contributed by atoms with Gasteiger partial charge in [0.2, 0.25) is 0 Å². The van der Waals surface area contributed by atoms with Gasteiger partial charge in [-0.2, -0.15) is 5.26 Å². The third-order valence-corrected chi connectivity index (χ3v) is 3.56. The summed E-state index contributed by atoms with van der Waals surface area (Å²) in [5.74, 6) is 0.767. The van der Waals surface area contributed by atoms with Crippen LogP contribution < -0.4 is 10.1 Å². The number of rotatable bonds is 8. The number of ether oxygens (including phenoxy) is 1. The van der Waals surface area contributed by atoms with E-state index in [4.69, 9.17) is 10.00 Å². The molecule has 0 saturated carbocycles. The Morgan fingerprint density at radius 1 is 1.30 bits per heavy atom. The molecule has 1 aliphatic rings. The van der Waals surface area contributed by atoms with Crippen LogP contribution in [0.1, 0.15) is 24.8 Å². The van der Waals surface area contributed by atoms with Crippen molar-refractivity contribution in [1.29, 1.82) is 5.26 Å². The standard InChI is InChI=1S/C16H23N3O/c17-7-12-20-16-6-3-5-15(13-16)14-18-8-4-11-19-9-1-2-10-19/h3,5-6,13,18H,1-2,4,8-12,14H2. The molecule has 0 radical (unpaired) electrons. The largest absolute Gasteiger partial charge is 0.479 e. The molecule has 1 saturated heterocycles. The number of nitriles is 1. The van der Waals surface area contributed by atoms with Gasteiger partial charge < -0.3 is 15.0 Å². The van der Waals surface area contributed by atoms with Gasteiger partial charge in [0.15, 0.2) is 6.61 Å². The molecule has 2 rings (SSSR count). The summed E-state index contributed by atoms with van der Waals surface area (Å²) in [6.07, 6.45) is 3.93. The van der Waals surface area contributed by atoms with E-state index in [9.17, 15) is 0 Å². The smallest absolute Gasteiger partial charge is 0.174 e. The van der Waals surface area contributed by atoms with Crippen LogP contribution >= 0.6 is 0 Å². The second-order valence-electron chi connectivity index (χ2n) is 5.17. The van der Waals surface area contributed by atoms with Crippen LogP contribution in [0.3, 0.4) is 0 Å². The van der Waals surface area contributed by atoms with Crippen molar-refractivity contribution < 1.29 is 4.74 Å². The Labute approximate surface area is 121 Å². The SMILES string of the molecule is N#CCOc1cccc(CNCCCN2CCCC2)c1. The molecule has 4 nitrogen and oxygen atoms in total. The van der Waals surface area contributed by atoms with Crippen LogP contribution in [-0.4, -0.2) is 37.7 Å². The summed E-state index contributed by atoms with van der Waals surface area (Å²) in [6, 6.07) is 9.90. The van der Waals surface area contributed by atoms with Gasteiger partial charge in [-0.1, -0.05) is 12.1 Å². The molecule has 0 amide bonds. The summed E-state index contributed by atoms with van der Waals surface area (Å²) >= 11 is 0. The Bertz CT molecular complexity index is 436. The van der Waals surface area contributed by atoms with Crippen LogP contribution in [0.2, 0.25) is 0 Å². The first-order valence-electron chi connectivity index (χ1n) is 7.40. The molecule has 4 heteroatoms. The van der Waals surface area contributed by atoms with Gasteiger partial charge in [0.05, 0.1) is 0 Å². The van der Waals surface area contributed by atoms with Crippen LogP contribution in [0.4, 0.5) is 0 Å². The summed E-state index contributed by atoms with van der Waals surface area (Å²) in [5, 5.41) is 12.0. The first-order chi connectivity index (χ1) is 9.88. The fourth-order valence-electron chi connectivity index (χ4n) is 2.53. The quantitative estimate of drug-likeness (QED) is 0.737. The first-order valence-corrected chi connectivity index (χ1v) is 7.40. The zero-order chi connectivity index (χ0) is 14.0. The molecular weight excluding hydrogens is 250 g/mol. The van der Waals surface area contributed by atoms with Crippen molar-refractivity contribution in [1.82, 2.24) is 10.2 Å². The summed E-state index contributed by atoms with van der Waals surface area (Å²) in [5.41, 5.74) is 1.20. The number of hydrogen-bond donors (Lipinski definition) is 1. The highest BCUT2D eigenvalue weighted by molar-refractivity contribution is 5.28. The molecule has 20 heavy (non-hydrogen) atoms. The molecule has 1 N–H and O–H groups in total. The lowest BCUT2D eigenvalue weighted by molar-refractivity contribution is 0.331. The van der Waals surface area contributed by atoms with Crippen LogP contribution in [0.5, 0.6) is 5.75 Å². The van der Waals surface area contributed by atoms with Gasteiger partial charge in [-0.15, -0.1) is 0 Å². The molecule has 1 heterocycles. The lowest BCUT2D eigenvalue weighted by Gasteiger charge is -2.14. The van der Waals surface area contributed by atoms with Crippen LogP contribution in [0.25, 0.3) is 0 Å². The lowest BCUT2D eigenvalue weighted by Crippen LogP contribution is -2.24. The Hall–Kier alpha value is -1.57. The van der Waals surface area contributed by atoms with E-state index in [0.29, 0.717) is 0 Å². The van der Waals surface area contributed by atoms with Gasteiger partial charge >= 0.3 is 0 Å². The number of hydrogen-bond acceptors (Lipinski definition) is 4. The van der Waals surface area contributed by atoms with Crippen molar-refractivity contribution in [3.8, 4) is 11.8 Å². The molecule has 1 aromatic carbocycles. The fraction of sp³-hybridized carbons (Fsp3) is 0.562. The molecule has 0 bridgehead atoms. The molecule has 1 aliphatic heterocycles. The molecular formula is C16H23N3O. The Kier molecular flexibility index (Phi) is 6.36. The molecule has 1 aromatic rings. The molecule has 1 fully saturated rings. The average Bonchev–Trinajstić information content (AvgIpc) is 2.98. The Balaban J connectivity index is 1.62. The molecule has 0 aromatic heterocycles. The molecule has 0 spiro atoms. The van der Waals surface area contributed by atoms with E-state index in [2.05, 4.69) is 16.3 Å². The molecule has 0 unspecified atom stereocenters. The highest BCUT2D eigenvalue weighted by Gasteiger charge is 2.09. The number of nitrogens with one attached hydrogen (secondary N) is 1. The van der Waals surface area contributed by atoms with Gasteiger partial charge in [0, 0.05) is 6.54 Å². The highest BCUT2D eigenvalue weighted by atomic mass is 16.5. The summed E-state index contributed by atoms with van der Waals surface area (Å²) in [6.45, 7) is 5.76. The number of likely N-dealkylation sites (tertiary alicyclic amines) is 1. The van der Waals surface area contributed by atoms with Crippen LogP contribution in [0, 0.1) is 11.3 Å². The third kappa shape index (κ3) is 5.20. The topological polar surface area (TPSA) is 48.3 Å². The van der Waals surface area contributed by atoms with E-state index >= 15 is 0 Å². The third-order valence-electron chi connectivity index (χ3n) is 3.56. The van der Waals surface area contributed by atoms with Crippen molar-refractivity contribution in [2.24, 2.45) is 0 Å². The van der Waals surface area contributed by atoms with E-state index in [1.165, 1.54) is 44.5 Å². The predicted octanol–water partition coefficient (Wildman–Crippen LogP) is 2.16. The van der Waals surface area contributed by atoms with Gasteiger partial charge in [-0.25, -0.2) is 0 Å². The summed E-state index contributed by atoms with van der Waals surface area (Å²) in [4.78, 5) is 2.54. The van der Waals surface area contributed by atoms with E-state index in [1.807, 2.05) is 24.3 Å². The van der Waals surface area contributed by atoms with E-state index in [-0.39, 0.29) is 6.61 Å². The molecule has 108 valence electrons. The average molecular weight is 273 g/mol. The number of nitrogens with zero attached hydrogens (tertiary/aromatic N) is 2. The maximum Gasteiger partial charge on any atom is 0.174 e. The van der Waals surface area contributed by atoms with Gasteiger partial charge in [0.25, 0.3) is 0 Å². The predicted molar refractivity (Wildman–Crippen MR) is 79.5 cm³/mol. The van der Waals surface area contributed by atoms with Crippen molar-refractivity contribution in [3.05, 3.63) is 29.8 Å². The minimum absolute atomic E-state index is 0.104. The van der Waals surface area contributed by atoms with Crippen molar-refractivity contribution >= 4 is 0 Å². The van der Waals surface area contributed by atoms with E-state index in [1.54, 1.807) is 0 Å². The van der Waals surface area contributed by atoms with E-state index < -0.39 is 0 Å². The van der Waals surface area contributed by atoms with Crippen molar-refractivity contribution in [2.45, 2.75) is 25.8 Å². The molecule has 0 atom stereocenters. The lowest BCUT2D eigenvalue weighted by atomic mass is 10.2. The zero-order valence-corrected chi connectivity index (χ0v) is 12.0. The van der Waals surface area contributed by atoms with Gasteiger partial charge in [0.1, 0.15) is 11.8 Å². The minimum atomic E-state index is 0.104. The Morgan fingerprint density at radius 3 is 2.95 bits per heavy atom. The second-order valence-corrected chi connectivity index (χ2v) is 5.17. The maximum absolute atomic E-state index is 8.50. The van der Waals surface area contributed by atoms with Gasteiger partial charge in [-0.3, -0.25) is 0 Å². The highest BCUT2D eigenvalue weighted by Crippen LogP contribution is 2.13. The summed E-state index contributed by atoms with van der Waals surface area (Å²) < 4.78 is 5.30. The van der Waals surface area contributed by atoms with Gasteiger partial charge in [-0.05, 0) is 63.1 Å². The zero-order valence-electron chi connectivity index (χ0n) is 12.0. The van der Waals surface area contributed by atoms with Crippen LogP contribution in [-0.2, 0) is 6.54 Å². The molecule has 0 aliphatic carbocycles. The van der Waals surface area contributed by atoms with E-state index in [0.717, 1.165) is 18.8 Å². The van der Waals surface area contributed by atoms with Crippen molar-refractivity contribution in [3.63, 3.8) is 0 Å². The minimum Gasteiger partial charge on any atom is -0.479 e. The summed E-state index contributed by atoms with van der Waals surface area (Å²) in [7, 11) is 0. The monoisotopic (exact) mass is 273 g/mol. The van der Waals surface area contributed by atoms with Crippen molar-refractivity contribution in [2.75, 3.05) is 32.8 Å². The first kappa shape index (κ1) is 14.8. The Morgan fingerprint density at radius 2 is 2.15 bits per heavy atom. The second kappa shape index (κ2) is 8.57. The van der Waals surface area contributed by atoms with Crippen LogP contribution in [0.15, 0.2) is 24.3 Å².